The number of anilines is 1. The number of halogens is 3. The average Bonchev–Trinajstić information content (AvgIpc) is 2.50. The summed E-state index contributed by atoms with van der Waals surface area (Å²) in [5.74, 6) is -1.25. The topological polar surface area (TPSA) is 66.4 Å². The van der Waals surface area contributed by atoms with Gasteiger partial charge in [-0.05, 0) is 31.4 Å². The van der Waals surface area contributed by atoms with Crippen molar-refractivity contribution in [1.29, 1.82) is 0 Å². The summed E-state index contributed by atoms with van der Waals surface area (Å²) in [6.45, 7) is 3.86. The number of unbranched alkanes of at least 4 members (excludes halogenated alkanes) is 1. The zero-order chi connectivity index (χ0) is 18.3. The number of carbonyl (C=O) groups excluding carboxylic acids is 1. The molecule has 0 unspecified atom stereocenters. The number of aliphatic carboxylic acids is 1. The maximum atomic E-state index is 11.8. The summed E-state index contributed by atoms with van der Waals surface area (Å²) in [5.41, 5.74) is 0.782. The van der Waals surface area contributed by atoms with Crippen LogP contribution in [0.5, 0.6) is 0 Å². The van der Waals surface area contributed by atoms with Gasteiger partial charge in [0.05, 0.1) is 20.8 Å². The Hall–Kier alpha value is -1.23. The summed E-state index contributed by atoms with van der Waals surface area (Å²) in [6.07, 6.45) is 4.46. The SMILES string of the molecule is CCCC/C(=C\c1c(Cl)cc(Cl)c(NC(=O)CCC)c1Cl)C(=O)O. The lowest BCUT2D eigenvalue weighted by molar-refractivity contribution is -0.132. The third-order valence-electron chi connectivity index (χ3n) is 3.34. The number of rotatable bonds is 8. The fraction of sp³-hybridized carbons (Fsp3) is 0.412. The van der Waals surface area contributed by atoms with Crippen LogP contribution < -0.4 is 5.32 Å². The van der Waals surface area contributed by atoms with Crippen LogP contribution in [0.15, 0.2) is 11.6 Å². The first kappa shape index (κ1) is 20.8. The van der Waals surface area contributed by atoms with Crippen LogP contribution in [0.1, 0.15) is 51.5 Å². The van der Waals surface area contributed by atoms with Gasteiger partial charge < -0.3 is 10.4 Å². The molecule has 0 aliphatic heterocycles. The first-order chi connectivity index (χ1) is 11.3. The highest BCUT2D eigenvalue weighted by Crippen LogP contribution is 2.39. The van der Waals surface area contributed by atoms with E-state index in [-0.39, 0.29) is 32.2 Å². The van der Waals surface area contributed by atoms with Gasteiger partial charge in [0.2, 0.25) is 5.91 Å². The Morgan fingerprint density at radius 3 is 2.33 bits per heavy atom. The number of amides is 1. The van der Waals surface area contributed by atoms with Crippen molar-refractivity contribution >= 4 is 58.4 Å². The van der Waals surface area contributed by atoms with E-state index in [1.165, 1.54) is 12.1 Å². The van der Waals surface area contributed by atoms with Crippen LogP contribution in [0, 0.1) is 0 Å². The lowest BCUT2D eigenvalue weighted by Crippen LogP contribution is -2.12. The Bertz CT molecular complexity index is 657. The Balaban J connectivity index is 3.32. The minimum absolute atomic E-state index is 0.132. The first-order valence-electron chi connectivity index (χ1n) is 7.72. The predicted octanol–water partition coefficient (Wildman–Crippen LogP) is 6.04. The van der Waals surface area contributed by atoms with Gasteiger partial charge in [-0.2, -0.15) is 0 Å². The van der Waals surface area contributed by atoms with Crippen LogP contribution in [0.4, 0.5) is 5.69 Å². The molecule has 0 aliphatic rings. The number of hydrogen-bond acceptors (Lipinski definition) is 2. The lowest BCUT2D eigenvalue weighted by Gasteiger charge is -2.13. The molecular formula is C17H20Cl3NO3. The Morgan fingerprint density at radius 1 is 1.12 bits per heavy atom. The van der Waals surface area contributed by atoms with Crippen LogP contribution >= 0.6 is 34.8 Å². The first-order valence-corrected chi connectivity index (χ1v) is 8.86. The molecule has 0 saturated heterocycles. The van der Waals surface area contributed by atoms with Gasteiger partial charge in [0, 0.05) is 17.6 Å². The summed E-state index contributed by atoms with van der Waals surface area (Å²) >= 11 is 18.6. The molecule has 0 spiro atoms. The summed E-state index contributed by atoms with van der Waals surface area (Å²) in [5, 5.41) is 12.6. The molecule has 1 aromatic carbocycles. The van der Waals surface area contributed by atoms with Gasteiger partial charge in [-0.25, -0.2) is 4.79 Å². The van der Waals surface area contributed by atoms with E-state index in [0.717, 1.165) is 12.8 Å². The van der Waals surface area contributed by atoms with Crippen molar-refractivity contribution in [1.82, 2.24) is 0 Å². The van der Waals surface area contributed by atoms with Crippen molar-refractivity contribution in [2.24, 2.45) is 0 Å². The molecule has 132 valence electrons. The molecule has 0 bridgehead atoms. The quantitative estimate of drug-likeness (QED) is 0.530. The zero-order valence-electron chi connectivity index (χ0n) is 13.6. The van der Waals surface area contributed by atoms with Gasteiger partial charge in [0.15, 0.2) is 0 Å². The van der Waals surface area contributed by atoms with Crippen molar-refractivity contribution in [3.63, 3.8) is 0 Å². The minimum Gasteiger partial charge on any atom is -0.478 e. The molecule has 0 fully saturated rings. The van der Waals surface area contributed by atoms with Crippen LogP contribution in [0.2, 0.25) is 15.1 Å². The molecule has 0 atom stereocenters. The third kappa shape index (κ3) is 5.69. The van der Waals surface area contributed by atoms with Gasteiger partial charge in [-0.15, -0.1) is 0 Å². The molecule has 2 N–H and O–H groups in total. The monoisotopic (exact) mass is 391 g/mol. The Kier molecular flexibility index (Phi) is 8.60. The van der Waals surface area contributed by atoms with Crippen molar-refractivity contribution in [2.75, 3.05) is 5.32 Å². The Morgan fingerprint density at radius 2 is 1.79 bits per heavy atom. The molecule has 1 aromatic rings. The Labute approximate surface area is 156 Å². The van der Waals surface area contributed by atoms with E-state index < -0.39 is 5.97 Å². The van der Waals surface area contributed by atoms with Crippen molar-refractivity contribution < 1.29 is 14.7 Å². The molecular weight excluding hydrogens is 373 g/mol. The second kappa shape index (κ2) is 9.92. The molecule has 0 radical (unpaired) electrons. The normalized spacial score (nSPS) is 11.5. The minimum atomic E-state index is -1.03. The van der Waals surface area contributed by atoms with Gasteiger partial charge in [-0.3, -0.25) is 4.79 Å². The fourth-order valence-electron chi connectivity index (χ4n) is 2.06. The average molecular weight is 393 g/mol. The van der Waals surface area contributed by atoms with E-state index >= 15 is 0 Å². The van der Waals surface area contributed by atoms with Gasteiger partial charge in [0.1, 0.15) is 0 Å². The van der Waals surface area contributed by atoms with Crippen molar-refractivity contribution in [3.8, 4) is 0 Å². The van der Waals surface area contributed by atoms with Crippen molar-refractivity contribution in [3.05, 3.63) is 32.3 Å². The zero-order valence-corrected chi connectivity index (χ0v) is 15.9. The maximum Gasteiger partial charge on any atom is 0.331 e. The number of carbonyl (C=O) groups is 2. The van der Waals surface area contributed by atoms with Crippen LogP contribution in [-0.4, -0.2) is 17.0 Å². The summed E-state index contributed by atoms with van der Waals surface area (Å²) in [7, 11) is 0. The highest BCUT2D eigenvalue weighted by Gasteiger charge is 2.17. The van der Waals surface area contributed by atoms with E-state index in [9.17, 15) is 14.7 Å². The molecule has 1 rings (SSSR count). The highest BCUT2D eigenvalue weighted by atomic mass is 35.5. The molecule has 4 nitrogen and oxygen atoms in total. The van der Waals surface area contributed by atoms with Gasteiger partial charge in [-0.1, -0.05) is 55.1 Å². The van der Waals surface area contributed by atoms with Crippen LogP contribution in [0.25, 0.3) is 6.08 Å². The van der Waals surface area contributed by atoms with E-state index in [1.54, 1.807) is 0 Å². The molecule has 7 heteroatoms. The van der Waals surface area contributed by atoms with E-state index in [2.05, 4.69) is 5.32 Å². The predicted molar refractivity (Wildman–Crippen MR) is 100 cm³/mol. The number of benzene rings is 1. The van der Waals surface area contributed by atoms with E-state index in [0.29, 0.717) is 24.8 Å². The molecule has 0 heterocycles. The lowest BCUT2D eigenvalue weighted by atomic mass is 10.0. The van der Waals surface area contributed by atoms with Gasteiger partial charge >= 0.3 is 5.97 Å². The summed E-state index contributed by atoms with van der Waals surface area (Å²) < 4.78 is 0. The number of hydrogen-bond donors (Lipinski definition) is 2. The second-order valence-electron chi connectivity index (χ2n) is 5.32. The second-order valence-corrected chi connectivity index (χ2v) is 6.51. The maximum absolute atomic E-state index is 11.8. The largest absolute Gasteiger partial charge is 0.478 e. The molecule has 24 heavy (non-hydrogen) atoms. The number of nitrogens with one attached hydrogen (secondary N) is 1. The standard InChI is InChI=1S/C17H20Cl3NO3/c1-3-5-7-10(17(23)24)8-11-12(18)9-13(19)16(15(11)20)21-14(22)6-4-2/h8-9H,3-7H2,1-2H3,(H,21,22)(H,23,24)/b10-8+. The highest BCUT2D eigenvalue weighted by molar-refractivity contribution is 6.44. The molecule has 0 aliphatic carbocycles. The number of carboxylic acids is 1. The van der Waals surface area contributed by atoms with Crippen LogP contribution in [0.3, 0.4) is 0 Å². The fourth-order valence-corrected chi connectivity index (χ4v) is 3.03. The van der Waals surface area contributed by atoms with E-state index in [1.807, 2.05) is 13.8 Å². The summed E-state index contributed by atoms with van der Waals surface area (Å²) in [6, 6.07) is 1.45. The van der Waals surface area contributed by atoms with E-state index in [4.69, 9.17) is 34.8 Å². The molecule has 0 aromatic heterocycles. The smallest absolute Gasteiger partial charge is 0.331 e. The molecule has 1 amide bonds. The molecule has 0 saturated carbocycles. The van der Waals surface area contributed by atoms with Crippen LogP contribution in [-0.2, 0) is 9.59 Å². The van der Waals surface area contributed by atoms with Crippen molar-refractivity contribution in [2.45, 2.75) is 46.0 Å². The van der Waals surface area contributed by atoms with Gasteiger partial charge in [0.25, 0.3) is 0 Å². The number of carboxylic acid groups (broad SMARTS) is 1. The summed E-state index contributed by atoms with van der Waals surface area (Å²) in [4.78, 5) is 23.2. The third-order valence-corrected chi connectivity index (χ3v) is 4.34.